The third-order valence-corrected chi connectivity index (χ3v) is 3.27. The summed E-state index contributed by atoms with van der Waals surface area (Å²) in [5.41, 5.74) is 0. The van der Waals surface area contributed by atoms with E-state index in [1.165, 1.54) is 0 Å². The van der Waals surface area contributed by atoms with Gasteiger partial charge in [0.05, 0.1) is 6.61 Å². The van der Waals surface area contributed by atoms with Gasteiger partial charge in [-0.05, 0) is 13.8 Å². The molecule has 0 radical (unpaired) electrons. The summed E-state index contributed by atoms with van der Waals surface area (Å²) in [6.07, 6.45) is -1.91. The zero-order valence-corrected chi connectivity index (χ0v) is 10.1. The van der Waals surface area contributed by atoms with E-state index in [1.807, 2.05) is 13.8 Å². The lowest BCUT2D eigenvalue weighted by molar-refractivity contribution is -0.172. The molecule has 5 atom stereocenters. The van der Waals surface area contributed by atoms with Crippen LogP contribution >= 0.6 is 0 Å². The highest BCUT2D eigenvalue weighted by atomic mass is 16.8. The molecule has 0 bridgehead atoms. The quantitative estimate of drug-likeness (QED) is 0.704. The average Bonchev–Trinajstić information content (AvgIpc) is 2.83. The lowest BCUT2D eigenvalue weighted by atomic mass is 10.1. The Hall–Kier alpha value is -0.690. The van der Waals surface area contributed by atoms with E-state index in [9.17, 15) is 5.11 Å². The SMILES string of the molecule is CC1=N[C@H]2[C@@H](O1)O[C@H](C1COC(C)(C)O1)[C@@H]2O. The number of nitrogens with zero attached hydrogens (tertiary/aromatic N) is 1. The summed E-state index contributed by atoms with van der Waals surface area (Å²) < 4.78 is 22.2. The minimum Gasteiger partial charge on any atom is -0.450 e. The van der Waals surface area contributed by atoms with Crippen molar-refractivity contribution in [3.8, 4) is 0 Å². The Morgan fingerprint density at radius 1 is 1.41 bits per heavy atom. The van der Waals surface area contributed by atoms with Crippen LogP contribution in [0, 0.1) is 0 Å². The molecule has 0 aromatic heterocycles. The van der Waals surface area contributed by atoms with Gasteiger partial charge in [-0.1, -0.05) is 0 Å². The molecule has 17 heavy (non-hydrogen) atoms. The standard InChI is InChI=1S/C11H17NO5/c1-5-12-7-8(13)9(16-10(7)15-5)6-4-14-11(2,3)17-6/h6-10,13H,4H2,1-3H3/t6?,7-,8-,9-,10+/m1/s1. The molecule has 3 rings (SSSR count). The topological polar surface area (TPSA) is 69.5 Å². The number of rotatable bonds is 1. The van der Waals surface area contributed by atoms with Crippen molar-refractivity contribution in [2.45, 2.75) is 57.2 Å². The summed E-state index contributed by atoms with van der Waals surface area (Å²) in [5.74, 6) is -0.0627. The maximum absolute atomic E-state index is 10.2. The minimum atomic E-state index is -0.708. The Kier molecular flexibility index (Phi) is 2.45. The number of ether oxygens (including phenoxy) is 4. The Balaban J connectivity index is 1.71. The van der Waals surface area contributed by atoms with Crippen LogP contribution < -0.4 is 0 Å². The predicted octanol–water partition coefficient (Wildman–Crippen LogP) is 0.0409. The highest BCUT2D eigenvalue weighted by Crippen LogP contribution is 2.35. The summed E-state index contributed by atoms with van der Waals surface area (Å²) >= 11 is 0. The molecule has 6 nitrogen and oxygen atoms in total. The fourth-order valence-electron chi connectivity index (χ4n) is 2.50. The Morgan fingerprint density at radius 2 is 2.18 bits per heavy atom. The number of aliphatic hydroxyl groups excluding tert-OH is 1. The highest BCUT2D eigenvalue weighted by Gasteiger charge is 2.53. The number of aliphatic hydroxyl groups is 1. The smallest absolute Gasteiger partial charge is 0.227 e. The van der Waals surface area contributed by atoms with Crippen molar-refractivity contribution in [2.24, 2.45) is 4.99 Å². The van der Waals surface area contributed by atoms with E-state index < -0.39 is 24.3 Å². The van der Waals surface area contributed by atoms with Crippen LogP contribution in [0.2, 0.25) is 0 Å². The molecule has 6 heteroatoms. The molecule has 3 aliphatic rings. The van der Waals surface area contributed by atoms with Crippen molar-refractivity contribution >= 4 is 5.90 Å². The van der Waals surface area contributed by atoms with Crippen LogP contribution in [0.5, 0.6) is 0 Å². The predicted molar refractivity (Wildman–Crippen MR) is 57.6 cm³/mol. The molecule has 2 saturated heterocycles. The third-order valence-electron chi connectivity index (χ3n) is 3.27. The molecule has 0 aromatic rings. The van der Waals surface area contributed by atoms with Gasteiger partial charge in [-0.2, -0.15) is 0 Å². The minimum absolute atomic E-state index is 0.273. The maximum Gasteiger partial charge on any atom is 0.227 e. The zero-order chi connectivity index (χ0) is 12.2. The van der Waals surface area contributed by atoms with E-state index in [0.717, 1.165) is 0 Å². The molecule has 0 saturated carbocycles. The van der Waals surface area contributed by atoms with Crippen molar-refractivity contribution in [1.29, 1.82) is 0 Å². The summed E-state index contributed by atoms with van der Waals surface area (Å²) in [4.78, 5) is 4.21. The van der Waals surface area contributed by atoms with Crippen molar-refractivity contribution in [1.82, 2.24) is 0 Å². The van der Waals surface area contributed by atoms with Gasteiger partial charge < -0.3 is 24.1 Å². The molecule has 3 aliphatic heterocycles. The first-order chi connectivity index (χ1) is 7.96. The summed E-state index contributed by atoms with van der Waals surface area (Å²) in [7, 11) is 0. The normalized spacial score (nSPS) is 47.8. The van der Waals surface area contributed by atoms with Gasteiger partial charge in [-0.3, -0.25) is 0 Å². The lowest BCUT2D eigenvalue weighted by Gasteiger charge is -2.22. The first kappa shape index (κ1) is 11.4. The number of fused-ring (bicyclic) bond motifs is 1. The number of hydrogen-bond acceptors (Lipinski definition) is 6. The zero-order valence-electron chi connectivity index (χ0n) is 10.1. The molecule has 0 aliphatic carbocycles. The van der Waals surface area contributed by atoms with Crippen molar-refractivity contribution in [2.75, 3.05) is 6.61 Å². The van der Waals surface area contributed by atoms with Crippen LogP contribution in [0.25, 0.3) is 0 Å². The number of hydrogen-bond donors (Lipinski definition) is 1. The van der Waals surface area contributed by atoms with Gasteiger partial charge in [0, 0.05) is 6.92 Å². The van der Waals surface area contributed by atoms with Gasteiger partial charge in [0.1, 0.15) is 24.4 Å². The summed E-state index contributed by atoms with van der Waals surface area (Å²) in [5, 5.41) is 10.2. The van der Waals surface area contributed by atoms with E-state index in [4.69, 9.17) is 18.9 Å². The summed E-state index contributed by atoms with van der Waals surface area (Å²) in [6, 6.07) is -0.340. The van der Waals surface area contributed by atoms with E-state index in [-0.39, 0.29) is 12.1 Å². The Bertz CT molecular complexity index is 356. The van der Waals surface area contributed by atoms with Crippen LogP contribution in [-0.4, -0.2) is 54.0 Å². The van der Waals surface area contributed by atoms with Gasteiger partial charge in [-0.15, -0.1) is 0 Å². The fraction of sp³-hybridized carbons (Fsp3) is 0.909. The highest BCUT2D eigenvalue weighted by molar-refractivity contribution is 5.75. The maximum atomic E-state index is 10.2. The average molecular weight is 243 g/mol. The van der Waals surface area contributed by atoms with Crippen LogP contribution in [0.4, 0.5) is 0 Å². The molecular weight excluding hydrogens is 226 g/mol. The molecule has 1 unspecified atom stereocenters. The fourth-order valence-corrected chi connectivity index (χ4v) is 2.50. The molecule has 1 N–H and O–H groups in total. The van der Waals surface area contributed by atoms with Gasteiger partial charge in [0.2, 0.25) is 6.29 Å². The van der Waals surface area contributed by atoms with E-state index in [1.54, 1.807) is 6.92 Å². The van der Waals surface area contributed by atoms with Crippen molar-refractivity contribution < 1.29 is 24.1 Å². The van der Waals surface area contributed by atoms with Crippen molar-refractivity contribution in [3.05, 3.63) is 0 Å². The second-order valence-corrected chi connectivity index (χ2v) is 5.08. The van der Waals surface area contributed by atoms with Crippen LogP contribution in [0.3, 0.4) is 0 Å². The molecule has 96 valence electrons. The first-order valence-electron chi connectivity index (χ1n) is 5.83. The second-order valence-electron chi connectivity index (χ2n) is 5.08. The largest absolute Gasteiger partial charge is 0.450 e. The molecular formula is C11H17NO5. The van der Waals surface area contributed by atoms with E-state index in [0.29, 0.717) is 12.5 Å². The van der Waals surface area contributed by atoms with Gasteiger partial charge in [-0.25, -0.2) is 4.99 Å². The first-order valence-corrected chi connectivity index (χ1v) is 5.83. The Morgan fingerprint density at radius 3 is 2.76 bits per heavy atom. The van der Waals surface area contributed by atoms with Crippen molar-refractivity contribution in [3.63, 3.8) is 0 Å². The van der Waals surface area contributed by atoms with Gasteiger partial charge in [0.15, 0.2) is 11.7 Å². The summed E-state index contributed by atoms with van der Waals surface area (Å²) in [6.45, 7) is 5.85. The molecule has 3 heterocycles. The molecule has 0 amide bonds. The van der Waals surface area contributed by atoms with Crippen LogP contribution in [-0.2, 0) is 18.9 Å². The lowest BCUT2D eigenvalue weighted by Crippen LogP contribution is -2.40. The van der Waals surface area contributed by atoms with Crippen LogP contribution in [0.15, 0.2) is 4.99 Å². The molecule has 0 spiro atoms. The van der Waals surface area contributed by atoms with Crippen LogP contribution in [0.1, 0.15) is 20.8 Å². The van der Waals surface area contributed by atoms with E-state index >= 15 is 0 Å². The van der Waals surface area contributed by atoms with E-state index in [2.05, 4.69) is 4.99 Å². The number of aliphatic imine (C=N–C) groups is 1. The third kappa shape index (κ3) is 1.85. The Labute approximate surface area is 99.5 Å². The molecule has 2 fully saturated rings. The van der Waals surface area contributed by atoms with Gasteiger partial charge >= 0.3 is 0 Å². The van der Waals surface area contributed by atoms with Gasteiger partial charge in [0.25, 0.3) is 0 Å². The second kappa shape index (κ2) is 3.65. The molecule has 0 aromatic carbocycles. The monoisotopic (exact) mass is 243 g/mol.